The second kappa shape index (κ2) is 8.02. The minimum absolute atomic E-state index is 0.0178. The molecule has 7 nitrogen and oxygen atoms in total. The average Bonchev–Trinajstić information content (AvgIpc) is 3.17. The summed E-state index contributed by atoms with van der Waals surface area (Å²) in [5, 5.41) is 3.92. The molecule has 0 N–H and O–H groups in total. The molecule has 2 heterocycles. The molecule has 0 radical (unpaired) electrons. The van der Waals surface area contributed by atoms with E-state index in [1.165, 1.54) is 36.1 Å². The van der Waals surface area contributed by atoms with Crippen molar-refractivity contribution in [1.29, 1.82) is 0 Å². The summed E-state index contributed by atoms with van der Waals surface area (Å²) in [7, 11) is 1.53. The highest BCUT2D eigenvalue weighted by Gasteiger charge is 2.73. The summed E-state index contributed by atoms with van der Waals surface area (Å²) in [4.78, 5) is 16.9. The maximum atomic E-state index is 13.9. The zero-order chi connectivity index (χ0) is 24.9. The first-order chi connectivity index (χ1) is 15.8. The van der Waals surface area contributed by atoms with Crippen molar-refractivity contribution in [3.8, 4) is 28.8 Å². The summed E-state index contributed by atoms with van der Waals surface area (Å²) in [5.74, 6) is -8.95. The highest BCUT2D eigenvalue weighted by atomic mass is 19.4. The number of hydrogen-bond acceptors (Lipinski definition) is 5. The molecule has 182 valence electrons. The van der Waals surface area contributed by atoms with Gasteiger partial charge >= 0.3 is 24.0 Å². The highest BCUT2D eigenvalue weighted by molar-refractivity contribution is 5.55. The van der Waals surface area contributed by atoms with Crippen molar-refractivity contribution in [3.63, 3.8) is 0 Å². The van der Waals surface area contributed by atoms with E-state index in [9.17, 15) is 35.5 Å². The summed E-state index contributed by atoms with van der Waals surface area (Å²) in [5.41, 5.74) is -0.552. The fraction of sp³-hybridized carbons (Fsp3) is 0.350. The third kappa shape index (κ3) is 4.31. The third-order valence-corrected chi connectivity index (χ3v) is 5.05. The molecule has 1 atom stereocenters. The van der Waals surface area contributed by atoms with E-state index < -0.39 is 48.7 Å². The summed E-state index contributed by atoms with van der Waals surface area (Å²) in [6, 6.07) is 6.38. The molecule has 1 saturated carbocycles. The van der Waals surface area contributed by atoms with Crippen LogP contribution in [0.3, 0.4) is 0 Å². The van der Waals surface area contributed by atoms with Gasteiger partial charge in [-0.1, -0.05) is 0 Å². The predicted octanol–water partition coefficient (Wildman–Crippen LogP) is 4.00. The van der Waals surface area contributed by atoms with Gasteiger partial charge in [0, 0.05) is 19.3 Å². The Bertz CT molecular complexity index is 1250. The van der Waals surface area contributed by atoms with E-state index in [0.29, 0.717) is 5.69 Å². The van der Waals surface area contributed by atoms with Gasteiger partial charge in [-0.25, -0.2) is 4.57 Å². The van der Waals surface area contributed by atoms with Crippen LogP contribution in [-0.4, -0.2) is 50.1 Å². The third-order valence-electron chi connectivity index (χ3n) is 5.05. The van der Waals surface area contributed by atoms with Crippen LogP contribution in [0.2, 0.25) is 0 Å². The van der Waals surface area contributed by atoms with Crippen LogP contribution in [0.1, 0.15) is 6.42 Å². The van der Waals surface area contributed by atoms with Crippen molar-refractivity contribution < 1.29 is 40.2 Å². The molecule has 1 aliphatic carbocycles. The van der Waals surface area contributed by atoms with Gasteiger partial charge in [-0.2, -0.15) is 40.8 Å². The summed E-state index contributed by atoms with van der Waals surface area (Å²) >= 11 is 0. The van der Waals surface area contributed by atoms with Crippen LogP contribution >= 0.6 is 0 Å². The van der Waals surface area contributed by atoms with E-state index in [0.717, 1.165) is 22.8 Å². The minimum atomic E-state index is -4.57. The second-order valence-electron chi connectivity index (χ2n) is 7.47. The quantitative estimate of drug-likeness (QED) is 0.487. The molecule has 2 aromatic heterocycles. The van der Waals surface area contributed by atoms with Gasteiger partial charge in [-0.15, -0.1) is 0 Å². The zero-order valence-corrected chi connectivity index (χ0v) is 17.2. The number of rotatable bonds is 6. The van der Waals surface area contributed by atoms with Gasteiger partial charge in [0.1, 0.15) is 5.75 Å². The van der Waals surface area contributed by atoms with Crippen molar-refractivity contribution >= 4 is 0 Å². The highest BCUT2D eigenvalue weighted by Crippen LogP contribution is 2.52. The van der Waals surface area contributed by atoms with Gasteiger partial charge in [0.2, 0.25) is 0 Å². The molecule has 1 unspecified atom stereocenters. The minimum Gasteiger partial charge on any atom is -0.484 e. The predicted molar refractivity (Wildman–Crippen MR) is 103 cm³/mol. The number of aromatic nitrogens is 4. The molecule has 0 aliphatic heterocycles. The number of alkyl halides is 7. The fourth-order valence-corrected chi connectivity index (χ4v) is 3.24. The zero-order valence-electron chi connectivity index (χ0n) is 17.2. The number of hydrogen-bond donors (Lipinski definition) is 0. The first kappa shape index (κ1) is 23.6. The van der Waals surface area contributed by atoms with Crippen molar-refractivity contribution in [2.24, 2.45) is 7.05 Å². The maximum Gasteiger partial charge on any atom is 0.422 e. The Labute approximate surface area is 186 Å². The van der Waals surface area contributed by atoms with Gasteiger partial charge in [-0.3, -0.25) is 9.48 Å². The standard InChI is InChI=1S/C20H15F7N4O3/c1-30-14(6-7-28-30)13-8-16(32)31(11-2-4-12(5-3-11)33-10-19(23,24)25)17(29-13)34-15-9-18(21,22)20(15,26)27/h2-8,15H,9-10H2,1H3. The summed E-state index contributed by atoms with van der Waals surface area (Å²) in [6.45, 7) is -1.55. The van der Waals surface area contributed by atoms with E-state index in [2.05, 4.69) is 14.8 Å². The van der Waals surface area contributed by atoms with Crippen molar-refractivity contribution in [2.45, 2.75) is 30.5 Å². The first-order valence-electron chi connectivity index (χ1n) is 9.63. The largest absolute Gasteiger partial charge is 0.484 e. The van der Waals surface area contributed by atoms with Crippen LogP contribution < -0.4 is 15.0 Å². The number of benzene rings is 1. The Morgan fingerprint density at radius 1 is 1.12 bits per heavy atom. The van der Waals surface area contributed by atoms with Crippen LogP contribution in [0, 0.1) is 0 Å². The smallest absolute Gasteiger partial charge is 0.422 e. The van der Waals surface area contributed by atoms with Gasteiger partial charge in [0.25, 0.3) is 5.56 Å². The lowest BCUT2D eigenvalue weighted by Crippen LogP contribution is -2.64. The number of nitrogens with zero attached hydrogens (tertiary/aromatic N) is 4. The summed E-state index contributed by atoms with van der Waals surface area (Å²) in [6.07, 6.45) is -6.73. The number of aryl methyl sites for hydroxylation is 1. The van der Waals surface area contributed by atoms with E-state index >= 15 is 0 Å². The van der Waals surface area contributed by atoms with Crippen LogP contribution in [0.5, 0.6) is 11.8 Å². The van der Waals surface area contributed by atoms with Crippen molar-refractivity contribution in [3.05, 3.63) is 52.9 Å². The molecule has 1 aliphatic rings. The fourth-order valence-electron chi connectivity index (χ4n) is 3.24. The van der Waals surface area contributed by atoms with Gasteiger partial charge in [0.05, 0.1) is 23.5 Å². The first-order valence-corrected chi connectivity index (χ1v) is 9.63. The molecule has 0 spiro atoms. The molecule has 34 heavy (non-hydrogen) atoms. The van der Waals surface area contributed by atoms with E-state index in [4.69, 9.17) is 4.74 Å². The number of ether oxygens (including phenoxy) is 2. The Kier molecular flexibility index (Phi) is 5.56. The van der Waals surface area contributed by atoms with Gasteiger partial charge < -0.3 is 9.47 Å². The Hall–Kier alpha value is -3.58. The Morgan fingerprint density at radius 2 is 1.79 bits per heavy atom. The average molecular weight is 492 g/mol. The molecule has 1 fully saturated rings. The number of halogens is 7. The molecule has 0 saturated heterocycles. The Morgan fingerprint density at radius 3 is 2.32 bits per heavy atom. The normalized spacial score (nSPS) is 18.9. The van der Waals surface area contributed by atoms with Crippen molar-refractivity contribution in [2.75, 3.05) is 6.61 Å². The van der Waals surface area contributed by atoms with E-state index in [-0.39, 0.29) is 17.1 Å². The van der Waals surface area contributed by atoms with E-state index in [1.54, 1.807) is 0 Å². The SMILES string of the molecule is Cn1nccc1-c1cc(=O)n(-c2ccc(OCC(F)(F)F)cc2)c(OC2CC(F)(F)C2(F)F)n1. The lowest BCUT2D eigenvalue weighted by molar-refractivity contribution is -0.325. The van der Waals surface area contributed by atoms with Crippen LogP contribution in [0.25, 0.3) is 17.1 Å². The molecule has 1 aromatic carbocycles. The van der Waals surface area contributed by atoms with E-state index in [1.807, 2.05) is 0 Å². The van der Waals surface area contributed by atoms with Crippen LogP contribution in [0.15, 0.2) is 47.4 Å². The lowest BCUT2D eigenvalue weighted by atomic mass is 9.85. The Balaban J connectivity index is 1.73. The molecular formula is C20H15F7N4O3. The molecule has 3 aromatic rings. The molecule has 14 heteroatoms. The van der Waals surface area contributed by atoms with Crippen LogP contribution in [0.4, 0.5) is 30.7 Å². The molecule has 0 bridgehead atoms. The maximum absolute atomic E-state index is 13.9. The van der Waals surface area contributed by atoms with Gasteiger partial charge in [-0.05, 0) is 30.3 Å². The van der Waals surface area contributed by atoms with Gasteiger partial charge in [0.15, 0.2) is 12.7 Å². The molecular weight excluding hydrogens is 477 g/mol. The monoisotopic (exact) mass is 492 g/mol. The molecule has 4 rings (SSSR count). The summed E-state index contributed by atoms with van der Waals surface area (Å²) < 4.78 is 103. The van der Waals surface area contributed by atoms with Crippen LogP contribution in [-0.2, 0) is 7.05 Å². The topological polar surface area (TPSA) is 71.2 Å². The second-order valence-corrected chi connectivity index (χ2v) is 7.47. The molecule has 0 amide bonds. The van der Waals surface area contributed by atoms with Crippen molar-refractivity contribution in [1.82, 2.24) is 19.3 Å². The lowest BCUT2D eigenvalue weighted by Gasteiger charge is -2.42.